The number of nitrogens with zero attached hydrogens (tertiary/aromatic N) is 5. The third-order valence-electron chi connectivity index (χ3n) is 6.92. The third kappa shape index (κ3) is 3.76. The Labute approximate surface area is 183 Å². The molecule has 1 amide bonds. The van der Waals surface area contributed by atoms with Gasteiger partial charge in [-0.1, -0.05) is 36.4 Å². The van der Waals surface area contributed by atoms with E-state index in [2.05, 4.69) is 44.1 Å². The zero-order valence-corrected chi connectivity index (χ0v) is 18.0. The van der Waals surface area contributed by atoms with Crippen molar-refractivity contribution in [1.82, 2.24) is 24.6 Å². The number of amides is 1. The molecule has 0 unspecified atom stereocenters. The number of carbonyl (C=O) groups excluding carboxylic acids is 1. The lowest BCUT2D eigenvalue weighted by Gasteiger charge is -2.42. The molecule has 0 N–H and O–H groups in total. The number of piperidine rings is 1. The van der Waals surface area contributed by atoms with Gasteiger partial charge in [0.1, 0.15) is 0 Å². The van der Waals surface area contributed by atoms with Crippen molar-refractivity contribution in [2.75, 3.05) is 19.6 Å². The van der Waals surface area contributed by atoms with Crippen LogP contribution >= 0.6 is 0 Å². The smallest absolute Gasteiger partial charge is 0.231 e. The molecule has 0 aliphatic carbocycles. The Kier molecular flexibility index (Phi) is 5.32. The molecular weight excluding hydrogens is 386 g/mol. The van der Waals surface area contributed by atoms with Crippen LogP contribution in [0.5, 0.6) is 0 Å². The molecule has 0 radical (unpaired) electrons. The van der Waals surface area contributed by atoms with Crippen LogP contribution in [0.2, 0.25) is 0 Å². The molecule has 2 atom stereocenters. The van der Waals surface area contributed by atoms with Crippen LogP contribution in [0.4, 0.5) is 0 Å². The Morgan fingerprint density at radius 3 is 2.61 bits per heavy atom. The number of rotatable bonds is 5. The third-order valence-corrected chi connectivity index (χ3v) is 6.92. The number of carbonyl (C=O) groups is 1. The molecule has 0 bridgehead atoms. The monoisotopic (exact) mass is 415 g/mol. The van der Waals surface area contributed by atoms with E-state index in [-0.39, 0.29) is 11.8 Å². The van der Waals surface area contributed by atoms with Crippen molar-refractivity contribution in [2.45, 2.75) is 31.8 Å². The van der Waals surface area contributed by atoms with E-state index >= 15 is 0 Å². The number of aromatic nitrogens is 3. The minimum absolute atomic E-state index is 0.134. The fraction of sp³-hybridized carbons (Fsp3) is 0.400. The van der Waals surface area contributed by atoms with Gasteiger partial charge in [0.2, 0.25) is 5.91 Å². The number of aryl methyl sites for hydroxylation is 1. The highest BCUT2D eigenvalue weighted by Crippen LogP contribution is 2.49. The second-order valence-electron chi connectivity index (χ2n) is 8.89. The molecule has 6 nitrogen and oxygen atoms in total. The lowest BCUT2D eigenvalue weighted by Crippen LogP contribution is -2.52. The number of benzene rings is 1. The fourth-order valence-electron chi connectivity index (χ4n) is 5.48. The van der Waals surface area contributed by atoms with Crippen LogP contribution < -0.4 is 0 Å². The summed E-state index contributed by atoms with van der Waals surface area (Å²) < 4.78 is 1.94. The van der Waals surface area contributed by atoms with Crippen molar-refractivity contribution in [3.8, 4) is 0 Å². The summed E-state index contributed by atoms with van der Waals surface area (Å²) >= 11 is 0. The highest BCUT2D eigenvalue weighted by atomic mass is 16.2. The summed E-state index contributed by atoms with van der Waals surface area (Å²) in [6, 6.07) is 18.4. The predicted molar refractivity (Wildman–Crippen MR) is 119 cm³/mol. The molecule has 160 valence electrons. The van der Waals surface area contributed by atoms with E-state index in [0.717, 1.165) is 50.4 Å². The van der Waals surface area contributed by atoms with Gasteiger partial charge in [-0.2, -0.15) is 5.10 Å². The quantitative estimate of drug-likeness (QED) is 0.642. The van der Waals surface area contributed by atoms with Crippen molar-refractivity contribution < 1.29 is 4.79 Å². The average molecular weight is 416 g/mol. The van der Waals surface area contributed by atoms with Gasteiger partial charge in [0.15, 0.2) is 0 Å². The summed E-state index contributed by atoms with van der Waals surface area (Å²) in [4.78, 5) is 23.0. The van der Waals surface area contributed by atoms with Crippen LogP contribution in [0.25, 0.3) is 0 Å². The lowest BCUT2D eigenvalue weighted by atomic mass is 9.70. The summed E-state index contributed by atoms with van der Waals surface area (Å²) in [6.07, 6.45) is 5.64. The van der Waals surface area contributed by atoms with Crippen LogP contribution in [0, 0.1) is 5.41 Å². The maximum absolute atomic E-state index is 14.0. The second kappa shape index (κ2) is 8.27. The number of hydrogen-bond donors (Lipinski definition) is 0. The molecule has 5 rings (SSSR count). The first-order valence-corrected chi connectivity index (χ1v) is 11.1. The predicted octanol–water partition coefficient (Wildman–Crippen LogP) is 3.22. The highest BCUT2D eigenvalue weighted by molar-refractivity contribution is 5.85. The molecule has 6 heteroatoms. The molecule has 2 aromatic heterocycles. The lowest BCUT2D eigenvalue weighted by molar-refractivity contribution is -0.147. The molecular formula is C25H29N5O. The van der Waals surface area contributed by atoms with E-state index in [0.29, 0.717) is 6.54 Å². The number of hydrogen-bond acceptors (Lipinski definition) is 4. The van der Waals surface area contributed by atoms with E-state index in [1.165, 1.54) is 5.56 Å². The first-order chi connectivity index (χ1) is 15.2. The minimum Gasteiger partial charge on any atom is -0.338 e. The zero-order valence-electron chi connectivity index (χ0n) is 18.0. The summed E-state index contributed by atoms with van der Waals surface area (Å²) in [5, 5.41) is 4.42. The summed E-state index contributed by atoms with van der Waals surface area (Å²) in [5.74, 6) is 0.423. The Bertz CT molecular complexity index is 1030. The van der Waals surface area contributed by atoms with Gasteiger partial charge in [-0.05, 0) is 36.6 Å². The minimum atomic E-state index is -0.407. The first-order valence-electron chi connectivity index (χ1n) is 11.1. The molecule has 4 heterocycles. The van der Waals surface area contributed by atoms with E-state index in [1.807, 2.05) is 54.5 Å². The highest BCUT2D eigenvalue weighted by Gasteiger charge is 2.55. The van der Waals surface area contributed by atoms with E-state index in [1.54, 1.807) is 0 Å². The van der Waals surface area contributed by atoms with Gasteiger partial charge in [-0.3, -0.25) is 19.4 Å². The van der Waals surface area contributed by atoms with Gasteiger partial charge < -0.3 is 4.90 Å². The number of pyridine rings is 1. The zero-order chi connectivity index (χ0) is 21.3. The SMILES string of the molecule is Cn1nccc1[C@@H]1CN(Cc2ccccn2)C[C@]12CCCN(Cc1ccccc1)C2=O. The molecule has 2 fully saturated rings. The topological polar surface area (TPSA) is 54.3 Å². The normalized spacial score (nSPS) is 24.2. The number of likely N-dealkylation sites (tertiary alicyclic amines) is 2. The Balaban J connectivity index is 1.45. The average Bonchev–Trinajstić information content (AvgIpc) is 3.36. The van der Waals surface area contributed by atoms with E-state index < -0.39 is 5.41 Å². The first kappa shape index (κ1) is 19.9. The van der Waals surface area contributed by atoms with Gasteiger partial charge >= 0.3 is 0 Å². The molecule has 2 aliphatic heterocycles. The van der Waals surface area contributed by atoms with Crippen molar-refractivity contribution in [1.29, 1.82) is 0 Å². The van der Waals surface area contributed by atoms with Gasteiger partial charge in [0.25, 0.3) is 0 Å². The van der Waals surface area contributed by atoms with Crippen LogP contribution in [-0.2, 0) is 24.9 Å². The molecule has 2 aliphatic rings. The summed E-state index contributed by atoms with van der Waals surface area (Å²) in [6.45, 7) is 3.89. The molecule has 1 aromatic carbocycles. The van der Waals surface area contributed by atoms with Crippen LogP contribution in [0.3, 0.4) is 0 Å². The molecule has 2 saturated heterocycles. The van der Waals surface area contributed by atoms with Crippen LogP contribution in [0.15, 0.2) is 67.0 Å². The molecule has 31 heavy (non-hydrogen) atoms. The van der Waals surface area contributed by atoms with Crippen molar-refractivity contribution in [3.05, 3.63) is 83.9 Å². The largest absolute Gasteiger partial charge is 0.338 e. The summed E-state index contributed by atoms with van der Waals surface area (Å²) in [7, 11) is 1.99. The Hall–Kier alpha value is -2.99. The second-order valence-corrected chi connectivity index (χ2v) is 8.89. The Morgan fingerprint density at radius 1 is 1.03 bits per heavy atom. The van der Waals surface area contributed by atoms with Crippen molar-refractivity contribution in [2.24, 2.45) is 12.5 Å². The molecule has 1 spiro atoms. The summed E-state index contributed by atoms with van der Waals surface area (Å²) in [5.41, 5.74) is 2.98. The van der Waals surface area contributed by atoms with E-state index in [4.69, 9.17) is 0 Å². The van der Waals surface area contributed by atoms with Gasteiger partial charge in [-0.15, -0.1) is 0 Å². The van der Waals surface area contributed by atoms with Gasteiger partial charge in [0.05, 0.1) is 11.1 Å². The fourth-order valence-corrected chi connectivity index (χ4v) is 5.48. The van der Waals surface area contributed by atoms with Crippen LogP contribution in [-0.4, -0.2) is 50.1 Å². The maximum Gasteiger partial charge on any atom is 0.231 e. The standard InChI is InChI=1S/C25H29N5O/c1-28-23(11-14-27-28)22-18-29(17-21-10-5-6-13-26-21)19-25(22)12-7-15-30(24(25)31)16-20-8-3-2-4-9-20/h2-6,8-11,13-14,22H,7,12,15-19H2,1H3/t22-,25+/m0/s1. The van der Waals surface area contributed by atoms with E-state index in [9.17, 15) is 4.79 Å². The van der Waals surface area contributed by atoms with Crippen LogP contribution in [0.1, 0.15) is 35.7 Å². The Morgan fingerprint density at radius 2 is 1.87 bits per heavy atom. The van der Waals surface area contributed by atoms with Crippen molar-refractivity contribution in [3.63, 3.8) is 0 Å². The maximum atomic E-state index is 14.0. The molecule has 3 aromatic rings. The van der Waals surface area contributed by atoms with Gasteiger partial charge in [0, 0.05) is 63.8 Å². The molecule has 0 saturated carbocycles. The van der Waals surface area contributed by atoms with Crippen molar-refractivity contribution >= 4 is 5.91 Å². The van der Waals surface area contributed by atoms with Gasteiger partial charge in [-0.25, -0.2) is 0 Å².